The summed E-state index contributed by atoms with van der Waals surface area (Å²) in [5, 5.41) is 0.814. The van der Waals surface area contributed by atoms with Gasteiger partial charge in [0, 0.05) is 87.4 Å². The predicted molar refractivity (Wildman–Crippen MR) is 182 cm³/mol. The first-order valence-corrected chi connectivity index (χ1v) is 20.0. The summed E-state index contributed by atoms with van der Waals surface area (Å²) in [5.41, 5.74) is 0.492. The van der Waals surface area contributed by atoms with Gasteiger partial charge in [-0.1, -0.05) is 11.6 Å². The largest absolute Gasteiger partial charge is 0.444 e. The van der Waals surface area contributed by atoms with Gasteiger partial charge in [0.2, 0.25) is 26.0 Å². The van der Waals surface area contributed by atoms with Gasteiger partial charge < -0.3 is 19.1 Å². The van der Waals surface area contributed by atoms with Crippen LogP contribution in [0, 0.1) is 0 Å². The lowest BCUT2D eigenvalue weighted by Gasteiger charge is -2.25. The molecule has 0 aliphatic carbocycles. The highest BCUT2D eigenvalue weighted by Crippen LogP contribution is 2.26. The first kappa shape index (κ1) is 35.9. The van der Waals surface area contributed by atoms with Crippen molar-refractivity contribution in [3.05, 3.63) is 35.5 Å². The van der Waals surface area contributed by atoms with Crippen LogP contribution in [0.3, 0.4) is 0 Å². The highest BCUT2D eigenvalue weighted by Gasteiger charge is 2.41. The molecule has 6 rings (SSSR count). The van der Waals surface area contributed by atoms with Crippen LogP contribution < -0.4 is 0 Å². The number of aryl methyl sites for hydroxylation is 1. The van der Waals surface area contributed by atoms with Crippen molar-refractivity contribution in [2.45, 2.75) is 88.4 Å². The number of fused-ring (bicyclic) bond motifs is 1. The molecule has 0 N–H and O–H groups in total. The zero-order valence-corrected chi connectivity index (χ0v) is 30.0. The van der Waals surface area contributed by atoms with Crippen molar-refractivity contribution < 1.29 is 31.2 Å². The highest BCUT2D eigenvalue weighted by molar-refractivity contribution is 7.90. The summed E-state index contributed by atoms with van der Waals surface area (Å²) in [4.78, 5) is 27.8. The smallest absolute Gasteiger partial charge is 0.410 e. The van der Waals surface area contributed by atoms with E-state index in [1.165, 1.54) is 4.90 Å². The number of benzene rings is 1. The number of sulfonamides is 2. The number of halogens is 1. The fourth-order valence-electron chi connectivity index (χ4n) is 6.71. The van der Waals surface area contributed by atoms with E-state index in [0.29, 0.717) is 76.6 Å². The van der Waals surface area contributed by atoms with E-state index in [1.807, 2.05) is 35.0 Å². The minimum Gasteiger partial charge on any atom is -0.444 e. The Morgan fingerprint density at radius 2 is 1.34 bits per heavy atom. The first-order valence-electron chi connectivity index (χ1n) is 16.6. The van der Waals surface area contributed by atoms with Gasteiger partial charge in [-0.25, -0.2) is 30.2 Å². The van der Waals surface area contributed by atoms with E-state index in [2.05, 4.69) is 0 Å². The molecule has 47 heavy (non-hydrogen) atoms. The molecule has 1 aromatic heterocycles. The number of aromatic nitrogens is 1. The van der Waals surface area contributed by atoms with E-state index >= 15 is 0 Å². The molecule has 2 atom stereocenters. The summed E-state index contributed by atoms with van der Waals surface area (Å²) in [6.45, 7) is 10.0. The van der Waals surface area contributed by atoms with Gasteiger partial charge in [0.1, 0.15) is 5.60 Å². The molecule has 0 saturated carbocycles. The van der Waals surface area contributed by atoms with Gasteiger partial charge in [-0.15, -0.1) is 0 Å². The number of likely N-dealkylation sites (tertiary alicyclic amines) is 2. The van der Waals surface area contributed by atoms with E-state index in [9.17, 15) is 26.4 Å². The Morgan fingerprint density at radius 1 is 0.809 bits per heavy atom. The number of nitrogens with zero attached hydrogens (tertiary/aromatic N) is 5. The lowest BCUT2D eigenvalue weighted by molar-refractivity contribution is -0.130. The molecule has 0 bridgehead atoms. The van der Waals surface area contributed by atoms with Gasteiger partial charge in [0.05, 0.1) is 10.5 Å². The number of hydrogen-bond acceptors (Lipinski definition) is 7. The second-order valence-electron chi connectivity index (χ2n) is 13.9. The van der Waals surface area contributed by atoms with Gasteiger partial charge >= 0.3 is 6.09 Å². The minimum absolute atomic E-state index is 0.0185. The van der Waals surface area contributed by atoms with Gasteiger partial charge in [-0.05, 0) is 83.6 Å². The quantitative estimate of drug-likeness (QED) is 0.422. The molecule has 0 spiro atoms. The second kappa shape index (κ2) is 14.6. The Labute approximate surface area is 284 Å². The van der Waals surface area contributed by atoms with E-state index in [-0.39, 0.29) is 12.5 Å². The minimum atomic E-state index is -3.27. The van der Waals surface area contributed by atoms with Crippen LogP contribution in [0.4, 0.5) is 4.79 Å². The number of ether oxygens (including phenoxy) is 1. The van der Waals surface area contributed by atoms with Crippen molar-refractivity contribution >= 4 is 54.6 Å². The molecule has 4 fully saturated rings. The molecule has 0 radical (unpaired) electrons. The van der Waals surface area contributed by atoms with Crippen molar-refractivity contribution in [3.63, 3.8) is 0 Å². The first-order chi connectivity index (χ1) is 22.1. The molecule has 2 aromatic rings. The van der Waals surface area contributed by atoms with Crippen LogP contribution in [-0.4, -0.2) is 120 Å². The van der Waals surface area contributed by atoms with Crippen molar-refractivity contribution in [1.82, 2.24) is 23.0 Å². The van der Waals surface area contributed by atoms with Crippen LogP contribution in [0.1, 0.15) is 65.7 Å². The van der Waals surface area contributed by atoms with Crippen LogP contribution in [0.2, 0.25) is 5.02 Å². The van der Waals surface area contributed by atoms with E-state index in [1.54, 1.807) is 34.3 Å². The Kier molecular flexibility index (Phi) is 11.2. The van der Waals surface area contributed by atoms with Gasteiger partial charge in [0.15, 0.2) is 0 Å². The highest BCUT2D eigenvalue weighted by atomic mass is 35.5. The topological polar surface area (TPSA) is 130 Å². The van der Waals surface area contributed by atoms with Crippen LogP contribution in [-0.2, 0) is 36.1 Å². The average molecular weight is 714 g/mol. The Hall–Kier alpha value is -2.39. The van der Waals surface area contributed by atoms with E-state index < -0.39 is 42.2 Å². The Morgan fingerprint density at radius 3 is 1.89 bits per heavy atom. The maximum Gasteiger partial charge on any atom is 0.410 e. The van der Waals surface area contributed by atoms with Gasteiger partial charge in [0.25, 0.3) is 0 Å². The fourth-order valence-corrected chi connectivity index (χ4v) is 10.8. The maximum absolute atomic E-state index is 12.7. The molecule has 262 valence electrons. The molecule has 4 aliphatic heterocycles. The van der Waals surface area contributed by atoms with Gasteiger partial charge in [-0.2, -0.15) is 0 Å². The summed E-state index contributed by atoms with van der Waals surface area (Å²) in [7, 11) is -6.54. The summed E-state index contributed by atoms with van der Waals surface area (Å²) >= 11 is 6.02. The van der Waals surface area contributed by atoms with Gasteiger partial charge in [-0.3, -0.25) is 4.79 Å². The zero-order valence-electron chi connectivity index (χ0n) is 27.6. The molecule has 1 aromatic carbocycles. The summed E-state index contributed by atoms with van der Waals surface area (Å²) in [6.07, 6.45) is 6.67. The predicted octanol–water partition coefficient (Wildman–Crippen LogP) is 4.13. The second-order valence-corrected chi connectivity index (χ2v) is 18.7. The van der Waals surface area contributed by atoms with Crippen LogP contribution in [0.25, 0.3) is 10.9 Å². The molecule has 4 aliphatic rings. The molecule has 15 heteroatoms. The van der Waals surface area contributed by atoms with Crippen LogP contribution in [0.15, 0.2) is 30.5 Å². The normalized spacial score (nSPS) is 23.0. The van der Waals surface area contributed by atoms with Crippen LogP contribution in [0.5, 0.6) is 0 Å². The van der Waals surface area contributed by atoms with Crippen molar-refractivity contribution in [2.24, 2.45) is 0 Å². The van der Waals surface area contributed by atoms with E-state index in [0.717, 1.165) is 36.6 Å². The average Bonchev–Trinajstić information content (AvgIpc) is 3.85. The van der Waals surface area contributed by atoms with E-state index in [4.69, 9.17) is 16.3 Å². The number of amides is 2. The monoisotopic (exact) mass is 713 g/mol. The molecular weight excluding hydrogens is 666 g/mol. The number of carbonyl (C=O) groups is 2. The molecule has 5 heterocycles. The molecule has 2 amide bonds. The van der Waals surface area contributed by atoms with Crippen molar-refractivity contribution in [2.75, 3.05) is 52.4 Å². The zero-order chi connectivity index (χ0) is 34.0. The SMILES string of the molecule is CC(C)(C)OC(=O)N1CCC(S(=O)(=O)N2CCCC2)C1.O=C(CCn1ccc2cc(Cl)ccc21)N1CCC(S(=O)(=O)N2CCCC2)C1. The van der Waals surface area contributed by atoms with Crippen molar-refractivity contribution in [3.8, 4) is 0 Å². The lowest BCUT2D eigenvalue weighted by Crippen LogP contribution is -2.40. The number of carbonyl (C=O) groups excluding carboxylic acids is 2. The van der Waals surface area contributed by atoms with Crippen LogP contribution >= 0.6 is 11.6 Å². The molecule has 4 saturated heterocycles. The third kappa shape index (κ3) is 8.62. The number of hydrogen-bond donors (Lipinski definition) is 0. The molecule has 12 nitrogen and oxygen atoms in total. The lowest BCUT2D eigenvalue weighted by atomic mass is 10.2. The Balaban J connectivity index is 0.000000194. The third-order valence-corrected chi connectivity index (χ3v) is 14.1. The Bertz CT molecular complexity index is 1640. The standard InChI is InChI=1S/C19H24ClN3O3S.C13H24N2O4S/c20-16-3-4-18-15(13-16)5-10-21(18)12-7-19(24)22-11-6-17(14-22)27(25,26)23-8-1-2-9-23;1-13(2,3)19-12(16)14-9-6-11(10-14)20(17,18)15-7-4-5-8-15/h3-5,10,13,17H,1-2,6-9,11-12,14H2;11H,4-10H2,1-3H3. The summed E-state index contributed by atoms with van der Waals surface area (Å²) in [6, 6.07) is 7.69. The fraction of sp³-hybridized carbons (Fsp3) is 0.688. The molecular formula is C32H48ClN5O7S2. The molecule has 2 unspecified atom stereocenters. The maximum atomic E-state index is 12.7. The number of rotatable bonds is 7. The summed E-state index contributed by atoms with van der Waals surface area (Å²) in [5.74, 6) is 0.0185. The van der Waals surface area contributed by atoms with Crippen molar-refractivity contribution in [1.29, 1.82) is 0 Å². The third-order valence-electron chi connectivity index (χ3n) is 9.29. The summed E-state index contributed by atoms with van der Waals surface area (Å²) < 4.78 is 60.8.